The van der Waals surface area contributed by atoms with Crippen LogP contribution >= 0.6 is 36.0 Å². The number of H-pyrrole nitrogens is 2. The van der Waals surface area contributed by atoms with Gasteiger partial charge in [-0.05, 0) is 156 Å². The van der Waals surface area contributed by atoms with Crippen molar-refractivity contribution >= 4 is 90.4 Å². The molecule has 0 aliphatic carbocycles. The number of hydrogen-bond acceptors (Lipinski definition) is 7. The monoisotopic (exact) mass is 762 g/mol. The van der Waals surface area contributed by atoms with Crippen molar-refractivity contribution in [2.75, 3.05) is 11.1 Å². The number of pyridine rings is 2. The summed E-state index contributed by atoms with van der Waals surface area (Å²) < 4.78 is 0. The van der Waals surface area contributed by atoms with E-state index < -0.39 is 5.24 Å². The van der Waals surface area contributed by atoms with E-state index in [0.717, 1.165) is 95.4 Å². The first-order valence-electron chi connectivity index (χ1n) is 17.2. The Hall–Kier alpha value is -5.29. The third-order valence-electron chi connectivity index (χ3n) is 8.32. The summed E-state index contributed by atoms with van der Waals surface area (Å²) in [6, 6.07) is 24.2. The van der Waals surface area contributed by atoms with E-state index in [1.165, 1.54) is 33.5 Å². The number of fused-ring (bicyclic) bond motifs is 2. The number of allylic oxidation sites excluding steroid dienone is 1. The summed E-state index contributed by atoms with van der Waals surface area (Å²) in [6.45, 7) is 6.54. The summed E-state index contributed by atoms with van der Waals surface area (Å²) >= 11 is 15.8. The molecule has 0 atom stereocenters. The SMILES string of the molecule is C=CC(=O)Cl.C=CC(=O)Nc1cccc(CCC(=S)CCc2ccnc3[nH]ccc23)c1.Nc1cccc(CCC(=S)CCc2ccnc3[nH]ccc23)c1. The molecule has 4 heterocycles. The summed E-state index contributed by atoms with van der Waals surface area (Å²) in [5, 5.41) is 4.64. The number of amides is 1. The van der Waals surface area contributed by atoms with Crippen LogP contribution in [0.15, 0.2) is 123 Å². The molecule has 53 heavy (non-hydrogen) atoms. The second-order valence-corrected chi connectivity index (χ2v) is 13.7. The van der Waals surface area contributed by atoms with Crippen LogP contribution in [-0.2, 0) is 35.3 Å². The summed E-state index contributed by atoms with van der Waals surface area (Å²) in [6.07, 6.45) is 17.2. The van der Waals surface area contributed by atoms with Crippen molar-refractivity contribution in [2.45, 2.75) is 51.4 Å². The van der Waals surface area contributed by atoms with Gasteiger partial charge in [0.2, 0.25) is 11.1 Å². The highest BCUT2D eigenvalue weighted by molar-refractivity contribution is 7.80. The molecule has 0 aliphatic rings. The summed E-state index contributed by atoms with van der Waals surface area (Å²) in [5.41, 5.74) is 14.3. The first-order valence-corrected chi connectivity index (χ1v) is 18.4. The van der Waals surface area contributed by atoms with Gasteiger partial charge in [-0.15, -0.1) is 0 Å². The second kappa shape index (κ2) is 21.3. The predicted octanol–water partition coefficient (Wildman–Crippen LogP) is 9.64. The first kappa shape index (κ1) is 40.5. The minimum Gasteiger partial charge on any atom is -0.399 e. The molecular weight excluding hydrogens is 720 g/mol. The highest BCUT2D eigenvalue weighted by Gasteiger charge is 2.07. The largest absolute Gasteiger partial charge is 0.399 e. The van der Waals surface area contributed by atoms with Crippen molar-refractivity contribution < 1.29 is 9.59 Å². The average molecular weight is 763 g/mol. The Bertz CT molecular complexity index is 2190. The molecular formula is C42H43ClN6O2S2. The molecule has 0 saturated carbocycles. The fourth-order valence-electron chi connectivity index (χ4n) is 5.58. The van der Waals surface area contributed by atoms with Gasteiger partial charge in [-0.25, -0.2) is 9.97 Å². The zero-order valence-corrected chi connectivity index (χ0v) is 31.8. The van der Waals surface area contributed by atoms with Crippen LogP contribution in [0.2, 0.25) is 0 Å². The molecule has 0 unspecified atom stereocenters. The molecule has 6 rings (SSSR count). The Morgan fingerprint density at radius 3 is 1.70 bits per heavy atom. The van der Waals surface area contributed by atoms with Crippen molar-refractivity contribution in [1.82, 2.24) is 19.9 Å². The number of benzene rings is 2. The van der Waals surface area contributed by atoms with Crippen LogP contribution in [-0.4, -0.2) is 40.8 Å². The maximum atomic E-state index is 11.4. The summed E-state index contributed by atoms with van der Waals surface area (Å²) in [4.78, 5) is 37.9. The van der Waals surface area contributed by atoms with Crippen LogP contribution < -0.4 is 11.1 Å². The standard InChI is InChI=1S/C21H21N3OS.C18H19N3S.C3H3ClO/c1-2-20(25)24-17-5-3-4-15(14-17)6-8-18(26)9-7-16-10-12-22-21-19(16)11-13-23-21;19-15-3-1-2-13(12-15)4-6-16(22)7-5-14-8-10-20-18-17(14)9-11-21-18;1-2-3(4)5/h2-5,10-14H,1,6-9H2,(H,22,23)(H,24,25);1-3,8-12H,4-7,19H2,(H,20,21);2H,1H2. The van der Waals surface area contributed by atoms with Gasteiger partial charge in [0.05, 0.1) is 0 Å². The van der Waals surface area contributed by atoms with Gasteiger partial charge >= 0.3 is 0 Å². The number of nitrogens with two attached hydrogens (primary N) is 1. The Labute approximate surface area is 326 Å². The third-order valence-corrected chi connectivity index (χ3v) is 9.29. The number of halogens is 1. The number of nitrogen functional groups attached to an aromatic ring is 1. The maximum Gasteiger partial charge on any atom is 0.247 e. The molecule has 1 amide bonds. The van der Waals surface area contributed by atoms with Gasteiger partial charge in [0.15, 0.2) is 0 Å². The Kier molecular flexibility index (Phi) is 16.3. The molecule has 2 aromatic carbocycles. The molecule has 0 radical (unpaired) electrons. The van der Waals surface area contributed by atoms with Gasteiger partial charge in [0, 0.05) is 46.9 Å². The smallest absolute Gasteiger partial charge is 0.247 e. The Morgan fingerprint density at radius 1 is 0.717 bits per heavy atom. The molecule has 0 bridgehead atoms. The second-order valence-electron chi connectivity index (χ2n) is 12.1. The zero-order chi connectivity index (χ0) is 38.0. The van der Waals surface area contributed by atoms with Gasteiger partial charge in [0.1, 0.15) is 11.3 Å². The van der Waals surface area contributed by atoms with E-state index in [4.69, 9.17) is 41.8 Å². The Morgan fingerprint density at radius 2 is 1.21 bits per heavy atom. The first-order chi connectivity index (χ1) is 25.6. The van der Waals surface area contributed by atoms with Crippen molar-refractivity contribution in [1.29, 1.82) is 0 Å². The van der Waals surface area contributed by atoms with Crippen LogP contribution in [0, 0.1) is 0 Å². The van der Waals surface area contributed by atoms with Crippen LogP contribution in [0.3, 0.4) is 0 Å². The van der Waals surface area contributed by atoms with Crippen molar-refractivity contribution in [2.24, 2.45) is 0 Å². The van der Waals surface area contributed by atoms with Crippen molar-refractivity contribution in [3.63, 3.8) is 0 Å². The van der Waals surface area contributed by atoms with Crippen molar-refractivity contribution in [3.8, 4) is 0 Å². The molecule has 0 aliphatic heterocycles. The highest BCUT2D eigenvalue weighted by Crippen LogP contribution is 2.20. The predicted molar refractivity (Wildman–Crippen MR) is 228 cm³/mol. The number of nitrogens with zero attached hydrogens (tertiary/aromatic N) is 2. The van der Waals surface area contributed by atoms with E-state index in [1.54, 1.807) is 0 Å². The quantitative estimate of drug-likeness (QED) is 0.0355. The molecule has 6 aromatic rings. The normalized spacial score (nSPS) is 10.4. The number of thiocarbonyl (C=S) groups is 2. The lowest BCUT2D eigenvalue weighted by molar-refractivity contribution is -0.112. The molecule has 11 heteroatoms. The van der Waals surface area contributed by atoms with Gasteiger partial charge in [-0.1, -0.05) is 61.9 Å². The fourth-order valence-corrected chi connectivity index (χ4v) is 5.99. The van der Waals surface area contributed by atoms with Crippen LogP contribution in [0.5, 0.6) is 0 Å². The number of nitrogens with one attached hydrogen (secondary N) is 3. The van der Waals surface area contributed by atoms with E-state index in [0.29, 0.717) is 0 Å². The number of rotatable bonds is 15. The summed E-state index contributed by atoms with van der Waals surface area (Å²) in [7, 11) is 0. The lowest BCUT2D eigenvalue weighted by Crippen LogP contribution is -2.07. The maximum absolute atomic E-state index is 11.4. The molecule has 0 saturated heterocycles. The number of aryl methyl sites for hydroxylation is 4. The average Bonchev–Trinajstić information content (AvgIpc) is 3.86. The van der Waals surface area contributed by atoms with Crippen molar-refractivity contribution in [3.05, 3.63) is 145 Å². The number of anilines is 2. The van der Waals surface area contributed by atoms with Crippen LogP contribution in [0.1, 0.15) is 47.9 Å². The van der Waals surface area contributed by atoms with E-state index in [-0.39, 0.29) is 5.91 Å². The minimum absolute atomic E-state index is 0.203. The van der Waals surface area contributed by atoms with Gasteiger partial charge in [-0.2, -0.15) is 0 Å². The number of aromatic nitrogens is 4. The van der Waals surface area contributed by atoms with Gasteiger partial charge < -0.3 is 21.0 Å². The molecule has 0 spiro atoms. The van der Waals surface area contributed by atoms with Crippen LogP contribution in [0.4, 0.5) is 11.4 Å². The molecule has 272 valence electrons. The number of carbonyl (C=O) groups is 2. The molecule has 4 aromatic heterocycles. The van der Waals surface area contributed by atoms with E-state index in [2.05, 4.69) is 74.8 Å². The molecule has 8 nitrogen and oxygen atoms in total. The summed E-state index contributed by atoms with van der Waals surface area (Å²) in [5.74, 6) is -0.203. The minimum atomic E-state index is -0.509. The van der Waals surface area contributed by atoms with E-state index in [9.17, 15) is 9.59 Å². The zero-order valence-electron chi connectivity index (χ0n) is 29.4. The topological polar surface area (TPSA) is 130 Å². The van der Waals surface area contributed by atoms with Crippen LogP contribution in [0.25, 0.3) is 22.1 Å². The lowest BCUT2D eigenvalue weighted by Gasteiger charge is -2.08. The number of hydrogen-bond donors (Lipinski definition) is 4. The number of aromatic amines is 2. The molecule has 5 N–H and O–H groups in total. The van der Waals surface area contributed by atoms with Gasteiger partial charge in [0.25, 0.3) is 0 Å². The number of carbonyl (C=O) groups excluding carboxylic acids is 2. The van der Waals surface area contributed by atoms with E-state index in [1.807, 2.05) is 61.2 Å². The lowest BCUT2D eigenvalue weighted by atomic mass is 10.0. The van der Waals surface area contributed by atoms with E-state index >= 15 is 0 Å². The highest BCUT2D eigenvalue weighted by atomic mass is 35.5. The Balaban J connectivity index is 0.000000212. The fraction of sp³-hybridized carbons (Fsp3) is 0.190. The van der Waals surface area contributed by atoms with Gasteiger partial charge in [-0.3, -0.25) is 9.59 Å². The third kappa shape index (κ3) is 13.6. The molecule has 0 fully saturated rings.